The zero-order valence-electron chi connectivity index (χ0n) is 15.0. The maximum absolute atomic E-state index is 14.4. The molecule has 0 radical (unpaired) electrons. The van der Waals surface area contributed by atoms with Gasteiger partial charge < -0.3 is 5.32 Å². The van der Waals surface area contributed by atoms with E-state index >= 15 is 0 Å². The van der Waals surface area contributed by atoms with Gasteiger partial charge in [0.15, 0.2) is 5.82 Å². The van der Waals surface area contributed by atoms with E-state index < -0.39 is 21.9 Å². The number of sulfonamides is 1. The summed E-state index contributed by atoms with van der Waals surface area (Å²) in [6.07, 6.45) is 0. The minimum absolute atomic E-state index is 0.0313. The van der Waals surface area contributed by atoms with E-state index in [1.165, 1.54) is 16.8 Å². The molecule has 1 aromatic carbocycles. The van der Waals surface area contributed by atoms with Crippen molar-refractivity contribution in [1.82, 2.24) is 35.7 Å². The summed E-state index contributed by atoms with van der Waals surface area (Å²) >= 11 is 5.82. The van der Waals surface area contributed by atoms with Crippen molar-refractivity contribution in [2.75, 3.05) is 12.3 Å². The lowest BCUT2D eigenvalue weighted by Crippen LogP contribution is -2.32. The molecule has 3 aromatic rings. The molecule has 0 aliphatic rings. The van der Waals surface area contributed by atoms with E-state index in [1.807, 2.05) is 0 Å². The third kappa shape index (κ3) is 4.35. The van der Waals surface area contributed by atoms with Gasteiger partial charge in [0.25, 0.3) is 0 Å². The zero-order chi connectivity index (χ0) is 20.5. The number of tetrazole rings is 1. The van der Waals surface area contributed by atoms with Crippen LogP contribution in [0.4, 0.5) is 4.39 Å². The van der Waals surface area contributed by atoms with E-state index in [4.69, 9.17) is 16.7 Å². The fourth-order valence-electron chi connectivity index (χ4n) is 2.85. The molecule has 2 heterocycles. The molecule has 13 heteroatoms. The number of aromatic nitrogens is 6. The van der Waals surface area contributed by atoms with Gasteiger partial charge in [-0.15, -0.1) is 5.10 Å². The highest BCUT2D eigenvalue weighted by atomic mass is 35.5. The number of rotatable bonds is 7. The monoisotopic (exact) mass is 428 g/mol. The number of aryl methyl sites for hydroxylation is 2. The summed E-state index contributed by atoms with van der Waals surface area (Å²) in [4.78, 5) is 0. The average molecular weight is 429 g/mol. The molecule has 0 saturated heterocycles. The van der Waals surface area contributed by atoms with Gasteiger partial charge in [-0.2, -0.15) is 9.78 Å². The first-order valence-corrected chi connectivity index (χ1v) is 10.3. The molecule has 1 atom stereocenters. The third-order valence-electron chi connectivity index (χ3n) is 4.10. The summed E-state index contributed by atoms with van der Waals surface area (Å²) in [6.45, 7) is 3.62. The van der Waals surface area contributed by atoms with Crippen molar-refractivity contribution in [3.05, 3.63) is 51.8 Å². The predicted octanol–water partition coefficient (Wildman–Crippen LogP) is 0.762. The minimum Gasteiger partial charge on any atom is -0.302 e. The molecular formula is C15H18ClFN8O2S. The first-order chi connectivity index (χ1) is 13.2. The number of hydrogen-bond acceptors (Lipinski definition) is 7. The number of nitrogens with zero attached hydrogens (tertiary/aromatic N) is 5. The van der Waals surface area contributed by atoms with Crippen molar-refractivity contribution in [3.63, 3.8) is 0 Å². The van der Waals surface area contributed by atoms with Crippen molar-refractivity contribution in [2.24, 2.45) is 5.14 Å². The van der Waals surface area contributed by atoms with Gasteiger partial charge in [-0.25, -0.2) is 17.9 Å². The van der Waals surface area contributed by atoms with Crippen molar-refractivity contribution in [3.8, 4) is 5.69 Å². The molecule has 3 rings (SSSR count). The maximum Gasteiger partial charge on any atom is 0.210 e. The molecule has 0 amide bonds. The Morgan fingerprint density at radius 2 is 2.14 bits per heavy atom. The van der Waals surface area contributed by atoms with Crippen LogP contribution in [0, 0.1) is 19.7 Å². The zero-order valence-corrected chi connectivity index (χ0v) is 16.6. The summed E-state index contributed by atoms with van der Waals surface area (Å²) in [5, 5.41) is 27.0. The molecule has 0 bridgehead atoms. The number of nitrogens with two attached hydrogens (primary N) is 1. The summed E-state index contributed by atoms with van der Waals surface area (Å²) in [7, 11) is -3.67. The van der Waals surface area contributed by atoms with Crippen LogP contribution in [-0.2, 0) is 10.0 Å². The molecule has 0 aliphatic carbocycles. The number of halogens is 2. The Kier molecular flexibility index (Phi) is 5.74. The first kappa shape index (κ1) is 20.3. The first-order valence-electron chi connectivity index (χ1n) is 8.16. The number of H-pyrrole nitrogens is 1. The second kappa shape index (κ2) is 7.91. The number of primary sulfonamides is 1. The lowest BCUT2D eigenvalue weighted by molar-refractivity contribution is 0.553. The van der Waals surface area contributed by atoms with Crippen LogP contribution in [0.1, 0.15) is 28.8 Å². The van der Waals surface area contributed by atoms with Crippen LogP contribution in [0.2, 0.25) is 5.02 Å². The van der Waals surface area contributed by atoms with E-state index in [9.17, 15) is 12.8 Å². The Hall–Kier alpha value is -2.41. The lowest BCUT2D eigenvalue weighted by Gasteiger charge is -2.19. The second-order valence-corrected chi connectivity index (χ2v) is 8.32. The molecule has 2 aromatic heterocycles. The van der Waals surface area contributed by atoms with Gasteiger partial charge in [0.1, 0.15) is 11.5 Å². The standard InChI is InChI=1S/C15H18ClFN8O2S/c1-8-13(9(2)21-20-8)14(19-5-6-28(18,26)27)15-22-23-24-25(15)12-4-3-10(16)7-11(12)17/h3-4,7,14,19H,5-6H2,1-2H3,(H,20,21)(H2,18,26,27). The summed E-state index contributed by atoms with van der Waals surface area (Å²) in [6, 6.07) is 3.46. The van der Waals surface area contributed by atoms with E-state index in [1.54, 1.807) is 13.8 Å². The number of hydrogen-bond donors (Lipinski definition) is 3. The Labute approximate surface area is 165 Å². The predicted molar refractivity (Wildman–Crippen MR) is 100 cm³/mol. The smallest absolute Gasteiger partial charge is 0.210 e. The van der Waals surface area contributed by atoms with Gasteiger partial charge in [0, 0.05) is 22.8 Å². The fourth-order valence-corrected chi connectivity index (χ4v) is 3.41. The van der Waals surface area contributed by atoms with E-state index in [0.29, 0.717) is 5.69 Å². The average Bonchev–Trinajstić information content (AvgIpc) is 3.19. The van der Waals surface area contributed by atoms with Gasteiger partial charge in [0.2, 0.25) is 10.0 Å². The van der Waals surface area contributed by atoms with Crippen LogP contribution in [0.3, 0.4) is 0 Å². The Morgan fingerprint density at radius 1 is 1.39 bits per heavy atom. The van der Waals surface area contributed by atoms with E-state index in [0.717, 1.165) is 17.3 Å². The fraction of sp³-hybridized carbons (Fsp3) is 0.333. The maximum atomic E-state index is 14.4. The van der Waals surface area contributed by atoms with Crippen molar-refractivity contribution in [2.45, 2.75) is 19.9 Å². The van der Waals surface area contributed by atoms with E-state index in [-0.39, 0.29) is 28.8 Å². The van der Waals surface area contributed by atoms with E-state index in [2.05, 4.69) is 31.0 Å². The van der Waals surface area contributed by atoms with Crippen LogP contribution >= 0.6 is 11.6 Å². The van der Waals surface area contributed by atoms with Gasteiger partial charge >= 0.3 is 0 Å². The van der Waals surface area contributed by atoms with Crippen LogP contribution in [0.25, 0.3) is 5.69 Å². The highest BCUT2D eigenvalue weighted by Crippen LogP contribution is 2.27. The van der Waals surface area contributed by atoms with Crippen LogP contribution in [-0.4, -0.2) is 51.1 Å². The number of aromatic amines is 1. The number of nitrogens with one attached hydrogen (secondary N) is 2. The third-order valence-corrected chi connectivity index (χ3v) is 5.11. The SMILES string of the molecule is Cc1n[nH]c(C)c1C(NCCS(N)(=O)=O)c1nnnn1-c1ccc(Cl)cc1F. The molecule has 4 N–H and O–H groups in total. The molecule has 150 valence electrons. The van der Waals surface area contributed by atoms with Gasteiger partial charge in [-0.1, -0.05) is 11.6 Å². The molecule has 0 fully saturated rings. The molecule has 0 saturated carbocycles. The van der Waals surface area contributed by atoms with Crippen molar-refractivity contribution < 1.29 is 12.8 Å². The van der Waals surface area contributed by atoms with Crippen LogP contribution in [0.5, 0.6) is 0 Å². The van der Waals surface area contributed by atoms with Crippen LogP contribution < -0.4 is 10.5 Å². The van der Waals surface area contributed by atoms with Gasteiger partial charge in [0.05, 0.1) is 17.5 Å². The number of benzene rings is 1. The molecule has 10 nitrogen and oxygen atoms in total. The Balaban J connectivity index is 2.05. The molecule has 28 heavy (non-hydrogen) atoms. The Morgan fingerprint density at radius 3 is 2.75 bits per heavy atom. The quantitative estimate of drug-likeness (QED) is 0.503. The highest BCUT2D eigenvalue weighted by molar-refractivity contribution is 7.89. The molecular weight excluding hydrogens is 411 g/mol. The molecule has 1 unspecified atom stereocenters. The van der Waals surface area contributed by atoms with Gasteiger partial charge in [-0.3, -0.25) is 5.10 Å². The summed E-state index contributed by atoms with van der Waals surface area (Å²) in [5.41, 5.74) is 2.22. The second-order valence-electron chi connectivity index (χ2n) is 6.15. The molecule has 0 spiro atoms. The van der Waals surface area contributed by atoms with Crippen molar-refractivity contribution >= 4 is 21.6 Å². The minimum atomic E-state index is -3.67. The largest absolute Gasteiger partial charge is 0.302 e. The van der Waals surface area contributed by atoms with Crippen LogP contribution in [0.15, 0.2) is 18.2 Å². The topological polar surface area (TPSA) is 144 Å². The van der Waals surface area contributed by atoms with Crippen molar-refractivity contribution in [1.29, 1.82) is 0 Å². The normalized spacial score (nSPS) is 13.0. The van der Waals surface area contributed by atoms with Gasteiger partial charge in [-0.05, 0) is 42.5 Å². The summed E-state index contributed by atoms with van der Waals surface area (Å²) in [5.74, 6) is -0.649. The molecule has 0 aliphatic heterocycles. The summed E-state index contributed by atoms with van der Waals surface area (Å²) < 4.78 is 38.3. The highest BCUT2D eigenvalue weighted by Gasteiger charge is 2.27. The Bertz CT molecular complexity index is 1080. The lowest BCUT2D eigenvalue weighted by atomic mass is 10.0.